The number of benzene rings is 2. The molecule has 1 atom stereocenters. The van der Waals surface area contributed by atoms with Crippen LogP contribution in [0.5, 0.6) is 0 Å². The lowest BCUT2D eigenvalue weighted by atomic mass is 10.2. The van der Waals surface area contributed by atoms with Crippen LogP contribution in [0.15, 0.2) is 60.7 Å². The highest BCUT2D eigenvalue weighted by Gasteiger charge is 2.15. The van der Waals surface area contributed by atoms with Gasteiger partial charge in [-0.3, -0.25) is 4.79 Å². The van der Waals surface area contributed by atoms with E-state index < -0.39 is 12.1 Å². The Morgan fingerprint density at radius 1 is 1.00 bits per heavy atom. The van der Waals surface area contributed by atoms with Crippen LogP contribution in [0.3, 0.4) is 0 Å². The molecule has 0 spiro atoms. The van der Waals surface area contributed by atoms with Gasteiger partial charge in [-0.25, -0.2) is 4.79 Å². The van der Waals surface area contributed by atoms with Crippen molar-refractivity contribution < 1.29 is 14.3 Å². The second-order valence-corrected chi connectivity index (χ2v) is 4.70. The molecule has 0 saturated heterocycles. The highest BCUT2D eigenvalue weighted by Crippen LogP contribution is 2.09. The summed E-state index contributed by atoms with van der Waals surface area (Å²) in [6.45, 7) is 1.70. The van der Waals surface area contributed by atoms with Crippen molar-refractivity contribution in [2.24, 2.45) is 0 Å². The molecule has 1 amide bonds. The molecule has 2 aromatic rings. The van der Waals surface area contributed by atoms with Gasteiger partial charge in [-0.1, -0.05) is 36.4 Å². The number of ether oxygens (including phenoxy) is 1. The average Bonchev–Trinajstić information content (AvgIpc) is 2.48. The minimum absolute atomic E-state index is 0.119. The molecule has 0 aliphatic rings. The fourth-order valence-electron chi connectivity index (χ4n) is 1.86. The van der Waals surface area contributed by atoms with Gasteiger partial charge in [-0.05, 0) is 31.2 Å². The second kappa shape index (κ2) is 7.24. The SMILES string of the molecule is C[C@H](CC(=O)Nc1ccccc1)OC(=O)c1ccccc1. The maximum absolute atomic E-state index is 11.8. The van der Waals surface area contributed by atoms with E-state index in [-0.39, 0.29) is 12.3 Å². The van der Waals surface area contributed by atoms with Crippen molar-refractivity contribution in [1.82, 2.24) is 0 Å². The zero-order chi connectivity index (χ0) is 15.1. The lowest BCUT2D eigenvalue weighted by Gasteiger charge is -2.13. The largest absolute Gasteiger partial charge is 0.459 e. The van der Waals surface area contributed by atoms with Crippen LogP contribution in [0.1, 0.15) is 23.7 Å². The van der Waals surface area contributed by atoms with E-state index in [1.807, 2.05) is 24.3 Å². The Balaban J connectivity index is 1.83. The van der Waals surface area contributed by atoms with Crippen molar-refractivity contribution in [3.63, 3.8) is 0 Å². The quantitative estimate of drug-likeness (QED) is 0.857. The number of para-hydroxylation sites is 1. The minimum atomic E-state index is -0.485. The number of anilines is 1. The summed E-state index contributed by atoms with van der Waals surface area (Å²) < 4.78 is 5.24. The van der Waals surface area contributed by atoms with Crippen LogP contribution in [0.25, 0.3) is 0 Å². The van der Waals surface area contributed by atoms with Crippen LogP contribution >= 0.6 is 0 Å². The molecule has 0 radical (unpaired) electrons. The van der Waals surface area contributed by atoms with Gasteiger partial charge >= 0.3 is 5.97 Å². The van der Waals surface area contributed by atoms with Crippen molar-refractivity contribution in [3.05, 3.63) is 66.2 Å². The third-order valence-electron chi connectivity index (χ3n) is 2.85. The lowest BCUT2D eigenvalue weighted by Crippen LogP contribution is -2.22. The fraction of sp³-hybridized carbons (Fsp3) is 0.176. The smallest absolute Gasteiger partial charge is 0.338 e. The Morgan fingerprint density at radius 2 is 1.57 bits per heavy atom. The predicted octanol–water partition coefficient (Wildman–Crippen LogP) is 3.26. The number of hydrogen-bond donors (Lipinski definition) is 1. The third kappa shape index (κ3) is 4.76. The molecule has 0 fully saturated rings. The van der Waals surface area contributed by atoms with Crippen LogP contribution in [0.4, 0.5) is 5.69 Å². The highest BCUT2D eigenvalue weighted by atomic mass is 16.5. The molecular formula is C17H17NO3. The van der Waals surface area contributed by atoms with Gasteiger partial charge in [-0.2, -0.15) is 0 Å². The van der Waals surface area contributed by atoms with E-state index in [0.29, 0.717) is 5.56 Å². The summed E-state index contributed by atoms with van der Waals surface area (Å²) in [6, 6.07) is 17.9. The average molecular weight is 283 g/mol. The summed E-state index contributed by atoms with van der Waals surface area (Å²) in [5, 5.41) is 2.76. The normalized spacial score (nSPS) is 11.5. The minimum Gasteiger partial charge on any atom is -0.459 e. The number of carbonyl (C=O) groups excluding carboxylic acids is 2. The van der Waals surface area contributed by atoms with Crippen molar-refractivity contribution in [1.29, 1.82) is 0 Å². The van der Waals surface area contributed by atoms with Crippen LogP contribution in [-0.4, -0.2) is 18.0 Å². The molecule has 0 bridgehead atoms. The molecule has 4 heteroatoms. The number of esters is 1. The first-order valence-corrected chi connectivity index (χ1v) is 6.76. The monoisotopic (exact) mass is 283 g/mol. The van der Waals surface area contributed by atoms with E-state index in [0.717, 1.165) is 5.69 Å². The number of rotatable bonds is 5. The fourth-order valence-corrected chi connectivity index (χ4v) is 1.86. The Bertz CT molecular complexity index is 596. The molecule has 0 unspecified atom stereocenters. The van der Waals surface area contributed by atoms with E-state index in [1.54, 1.807) is 43.3 Å². The Labute approximate surface area is 123 Å². The van der Waals surface area contributed by atoms with E-state index in [2.05, 4.69) is 5.32 Å². The van der Waals surface area contributed by atoms with Crippen molar-refractivity contribution in [2.45, 2.75) is 19.4 Å². The molecule has 21 heavy (non-hydrogen) atoms. The summed E-state index contributed by atoms with van der Waals surface area (Å²) in [6.07, 6.45) is -0.366. The maximum atomic E-state index is 11.8. The van der Waals surface area contributed by atoms with Crippen molar-refractivity contribution >= 4 is 17.6 Å². The van der Waals surface area contributed by atoms with Gasteiger partial charge in [0.2, 0.25) is 5.91 Å². The van der Waals surface area contributed by atoms with E-state index in [1.165, 1.54) is 0 Å². The molecule has 2 aromatic carbocycles. The zero-order valence-corrected chi connectivity index (χ0v) is 11.8. The Morgan fingerprint density at radius 3 is 2.19 bits per heavy atom. The van der Waals surface area contributed by atoms with Gasteiger partial charge in [0.25, 0.3) is 0 Å². The van der Waals surface area contributed by atoms with Crippen LogP contribution < -0.4 is 5.32 Å². The molecule has 0 heterocycles. The molecule has 0 aliphatic carbocycles. The molecule has 0 aliphatic heterocycles. The number of hydrogen-bond acceptors (Lipinski definition) is 3. The van der Waals surface area contributed by atoms with Gasteiger partial charge in [0.05, 0.1) is 12.0 Å². The van der Waals surface area contributed by atoms with Gasteiger partial charge < -0.3 is 10.1 Å². The first-order chi connectivity index (χ1) is 10.1. The molecular weight excluding hydrogens is 266 g/mol. The van der Waals surface area contributed by atoms with Gasteiger partial charge in [0, 0.05) is 5.69 Å². The topological polar surface area (TPSA) is 55.4 Å². The molecule has 0 saturated carbocycles. The summed E-state index contributed by atoms with van der Waals surface area (Å²) in [7, 11) is 0. The number of nitrogens with one attached hydrogen (secondary N) is 1. The Hall–Kier alpha value is -2.62. The van der Waals surface area contributed by atoms with Gasteiger partial charge in [0.1, 0.15) is 6.10 Å². The van der Waals surface area contributed by atoms with Crippen LogP contribution in [0, 0.1) is 0 Å². The van der Waals surface area contributed by atoms with E-state index >= 15 is 0 Å². The number of carbonyl (C=O) groups is 2. The van der Waals surface area contributed by atoms with Gasteiger partial charge in [-0.15, -0.1) is 0 Å². The predicted molar refractivity (Wildman–Crippen MR) is 81.0 cm³/mol. The molecule has 4 nitrogen and oxygen atoms in total. The van der Waals surface area contributed by atoms with Crippen molar-refractivity contribution in [2.75, 3.05) is 5.32 Å². The summed E-state index contributed by atoms with van der Waals surface area (Å²) >= 11 is 0. The van der Waals surface area contributed by atoms with Crippen LogP contribution in [0.2, 0.25) is 0 Å². The molecule has 2 rings (SSSR count). The third-order valence-corrected chi connectivity index (χ3v) is 2.85. The molecule has 1 N–H and O–H groups in total. The number of amides is 1. The lowest BCUT2D eigenvalue weighted by molar-refractivity contribution is -0.117. The summed E-state index contributed by atoms with van der Waals surface area (Å²) in [4.78, 5) is 23.7. The first kappa shape index (κ1) is 14.8. The van der Waals surface area contributed by atoms with Crippen LogP contribution in [-0.2, 0) is 9.53 Å². The molecule has 108 valence electrons. The highest BCUT2D eigenvalue weighted by molar-refractivity contribution is 5.92. The second-order valence-electron chi connectivity index (χ2n) is 4.70. The zero-order valence-electron chi connectivity index (χ0n) is 11.8. The first-order valence-electron chi connectivity index (χ1n) is 6.76. The van der Waals surface area contributed by atoms with Crippen molar-refractivity contribution in [3.8, 4) is 0 Å². The standard InChI is InChI=1S/C17H17NO3/c1-13(21-17(20)14-8-4-2-5-9-14)12-16(19)18-15-10-6-3-7-11-15/h2-11,13H,12H2,1H3,(H,18,19)/t13-/m1/s1. The molecule has 0 aromatic heterocycles. The van der Waals surface area contributed by atoms with E-state index in [9.17, 15) is 9.59 Å². The summed E-state index contributed by atoms with van der Waals surface area (Å²) in [5.74, 6) is -0.606. The van der Waals surface area contributed by atoms with E-state index in [4.69, 9.17) is 4.74 Å². The Kier molecular flexibility index (Phi) is 5.10. The van der Waals surface area contributed by atoms with Gasteiger partial charge in [0.15, 0.2) is 0 Å². The maximum Gasteiger partial charge on any atom is 0.338 e. The summed E-state index contributed by atoms with van der Waals surface area (Å²) in [5.41, 5.74) is 1.21.